The van der Waals surface area contributed by atoms with Crippen LogP contribution < -0.4 is 5.32 Å². The van der Waals surface area contributed by atoms with Gasteiger partial charge >= 0.3 is 0 Å². The van der Waals surface area contributed by atoms with Gasteiger partial charge in [-0.1, -0.05) is 38.1 Å². The standard InChI is InChI=1S/C16H19FN2/c1-3-12-6-5-7-13(8-12)16(19-4-2)14-9-15(17)11-18-10-14/h5-11,16,19H,3-4H2,1-2H3. The maximum atomic E-state index is 13.3. The quantitative estimate of drug-likeness (QED) is 0.888. The normalized spacial score (nSPS) is 12.4. The van der Waals surface area contributed by atoms with Crippen molar-refractivity contribution in [3.8, 4) is 0 Å². The van der Waals surface area contributed by atoms with Crippen LogP contribution in [0.25, 0.3) is 0 Å². The maximum absolute atomic E-state index is 13.3. The topological polar surface area (TPSA) is 24.9 Å². The molecule has 0 fully saturated rings. The Morgan fingerprint density at radius 3 is 2.68 bits per heavy atom. The fourth-order valence-corrected chi connectivity index (χ4v) is 2.21. The molecule has 1 aromatic heterocycles. The summed E-state index contributed by atoms with van der Waals surface area (Å²) < 4.78 is 13.3. The molecule has 100 valence electrons. The van der Waals surface area contributed by atoms with Gasteiger partial charge in [-0.05, 0) is 35.7 Å². The first kappa shape index (κ1) is 13.7. The number of aryl methyl sites for hydroxylation is 1. The van der Waals surface area contributed by atoms with Gasteiger partial charge in [-0.3, -0.25) is 4.98 Å². The first-order chi connectivity index (χ1) is 9.24. The minimum atomic E-state index is -0.299. The van der Waals surface area contributed by atoms with Gasteiger partial charge in [0, 0.05) is 6.20 Å². The maximum Gasteiger partial charge on any atom is 0.141 e. The molecule has 19 heavy (non-hydrogen) atoms. The summed E-state index contributed by atoms with van der Waals surface area (Å²) in [5.41, 5.74) is 3.29. The Balaban J connectivity index is 2.38. The van der Waals surface area contributed by atoms with E-state index in [0.29, 0.717) is 0 Å². The van der Waals surface area contributed by atoms with Gasteiger partial charge in [0.15, 0.2) is 0 Å². The predicted molar refractivity (Wildman–Crippen MR) is 75.5 cm³/mol. The summed E-state index contributed by atoms with van der Waals surface area (Å²) >= 11 is 0. The first-order valence-electron chi connectivity index (χ1n) is 6.67. The van der Waals surface area contributed by atoms with Gasteiger partial charge < -0.3 is 5.32 Å². The van der Waals surface area contributed by atoms with Crippen molar-refractivity contribution in [2.24, 2.45) is 0 Å². The minimum absolute atomic E-state index is 0.0142. The van der Waals surface area contributed by atoms with E-state index in [4.69, 9.17) is 0 Å². The third kappa shape index (κ3) is 3.38. The summed E-state index contributed by atoms with van der Waals surface area (Å²) in [6, 6.07) is 9.91. The van der Waals surface area contributed by atoms with Crippen LogP contribution >= 0.6 is 0 Å². The fraction of sp³-hybridized carbons (Fsp3) is 0.312. The number of pyridine rings is 1. The molecule has 0 aliphatic rings. The lowest BCUT2D eigenvalue weighted by Crippen LogP contribution is -2.22. The van der Waals surface area contributed by atoms with E-state index < -0.39 is 0 Å². The van der Waals surface area contributed by atoms with Crippen LogP contribution in [0.2, 0.25) is 0 Å². The zero-order valence-electron chi connectivity index (χ0n) is 11.4. The number of halogens is 1. The number of rotatable bonds is 5. The molecule has 0 amide bonds. The van der Waals surface area contributed by atoms with Gasteiger partial charge in [-0.2, -0.15) is 0 Å². The third-order valence-corrected chi connectivity index (χ3v) is 3.16. The highest BCUT2D eigenvalue weighted by atomic mass is 19.1. The number of aromatic nitrogens is 1. The van der Waals surface area contributed by atoms with Crippen molar-refractivity contribution in [2.75, 3.05) is 6.54 Å². The van der Waals surface area contributed by atoms with Crippen molar-refractivity contribution in [1.29, 1.82) is 0 Å². The molecule has 0 saturated carbocycles. The van der Waals surface area contributed by atoms with Gasteiger partial charge in [0.1, 0.15) is 5.82 Å². The molecule has 0 radical (unpaired) electrons. The number of hydrogen-bond donors (Lipinski definition) is 1. The van der Waals surface area contributed by atoms with E-state index in [1.165, 1.54) is 11.8 Å². The molecular formula is C16H19FN2. The average molecular weight is 258 g/mol. The van der Waals surface area contributed by atoms with Crippen molar-refractivity contribution in [1.82, 2.24) is 10.3 Å². The van der Waals surface area contributed by atoms with Gasteiger partial charge in [0.25, 0.3) is 0 Å². The molecule has 0 spiro atoms. The van der Waals surface area contributed by atoms with E-state index in [-0.39, 0.29) is 11.9 Å². The molecule has 0 saturated heterocycles. The summed E-state index contributed by atoms with van der Waals surface area (Å²) in [7, 11) is 0. The zero-order chi connectivity index (χ0) is 13.7. The van der Waals surface area contributed by atoms with E-state index in [2.05, 4.69) is 35.4 Å². The molecule has 0 aliphatic heterocycles. The van der Waals surface area contributed by atoms with E-state index >= 15 is 0 Å². The number of nitrogens with one attached hydrogen (secondary N) is 1. The first-order valence-corrected chi connectivity index (χ1v) is 6.67. The summed E-state index contributed by atoms with van der Waals surface area (Å²) in [6.07, 6.45) is 3.94. The van der Waals surface area contributed by atoms with Crippen LogP contribution in [0.15, 0.2) is 42.7 Å². The van der Waals surface area contributed by atoms with Crippen molar-refractivity contribution < 1.29 is 4.39 Å². The van der Waals surface area contributed by atoms with Crippen molar-refractivity contribution >= 4 is 0 Å². The molecule has 1 unspecified atom stereocenters. The summed E-state index contributed by atoms with van der Waals surface area (Å²) in [5, 5.41) is 3.39. The molecule has 0 aliphatic carbocycles. The Morgan fingerprint density at radius 1 is 1.16 bits per heavy atom. The highest BCUT2D eigenvalue weighted by molar-refractivity contribution is 5.33. The molecule has 1 heterocycles. The number of nitrogens with zero attached hydrogens (tertiary/aromatic N) is 1. The molecule has 1 atom stereocenters. The molecule has 2 rings (SSSR count). The third-order valence-electron chi connectivity index (χ3n) is 3.16. The SMILES string of the molecule is CCNC(c1cncc(F)c1)c1cccc(CC)c1. The van der Waals surface area contributed by atoms with Crippen LogP contribution in [-0.2, 0) is 6.42 Å². The van der Waals surface area contributed by atoms with E-state index in [1.54, 1.807) is 12.3 Å². The van der Waals surface area contributed by atoms with Crippen LogP contribution in [-0.4, -0.2) is 11.5 Å². The second kappa shape index (κ2) is 6.43. The van der Waals surface area contributed by atoms with Gasteiger partial charge in [-0.15, -0.1) is 0 Å². The lowest BCUT2D eigenvalue weighted by atomic mass is 9.97. The Morgan fingerprint density at radius 2 is 2.00 bits per heavy atom. The predicted octanol–water partition coefficient (Wildman–Crippen LogP) is 3.48. The van der Waals surface area contributed by atoms with E-state index in [0.717, 1.165) is 24.1 Å². The summed E-state index contributed by atoms with van der Waals surface area (Å²) in [6.45, 7) is 4.99. The Labute approximate surface area is 113 Å². The highest BCUT2D eigenvalue weighted by Gasteiger charge is 2.14. The number of hydrogen-bond acceptors (Lipinski definition) is 2. The Bertz CT molecular complexity index is 540. The Kier molecular flexibility index (Phi) is 4.63. The van der Waals surface area contributed by atoms with Gasteiger partial charge in [0.2, 0.25) is 0 Å². The molecule has 0 bridgehead atoms. The molecule has 3 heteroatoms. The van der Waals surface area contributed by atoms with Crippen LogP contribution in [0.4, 0.5) is 4.39 Å². The summed E-state index contributed by atoms with van der Waals surface area (Å²) in [5.74, 6) is -0.299. The molecule has 1 aromatic carbocycles. The average Bonchev–Trinajstić information content (AvgIpc) is 2.45. The molecule has 2 aromatic rings. The van der Waals surface area contributed by atoms with Crippen molar-refractivity contribution in [2.45, 2.75) is 26.3 Å². The summed E-state index contributed by atoms with van der Waals surface area (Å²) in [4.78, 5) is 3.94. The lowest BCUT2D eigenvalue weighted by molar-refractivity contribution is 0.596. The highest BCUT2D eigenvalue weighted by Crippen LogP contribution is 2.23. The monoisotopic (exact) mass is 258 g/mol. The second-order valence-electron chi connectivity index (χ2n) is 4.53. The van der Waals surface area contributed by atoms with Crippen molar-refractivity contribution in [3.63, 3.8) is 0 Å². The Hall–Kier alpha value is -1.74. The molecule has 2 nitrogen and oxygen atoms in total. The smallest absolute Gasteiger partial charge is 0.141 e. The number of benzene rings is 1. The lowest BCUT2D eigenvalue weighted by Gasteiger charge is -2.19. The van der Waals surface area contributed by atoms with E-state index in [1.807, 2.05) is 13.0 Å². The largest absolute Gasteiger partial charge is 0.306 e. The van der Waals surface area contributed by atoms with Crippen molar-refractivity contribution in [3.05, 3.63) is 65.2 Å². The van der Waals surface area contributed by atoms with Crippen LogP contribution in [0.3, 0.4) is 0 Å². The van der Waals surface area contributed by atoms with Crippen LogP contribution in [0, 0.1) is 5.82 Å². The zero-order valence-corrected chi connectivity index (χ0v) is 11.4. The van der Waals surface area contributed by atoms with Crippen LogP contribution in [0.1, 0.15) is 36.6 Å². The van der Waals surface area contributed by atoms with Gasteiger partial charge in [0.05, 0.1) is 12.2 Å². The minimum Gasteiger partial charge on any atom is -0.306 e. The van der Waals surface area contributed by atoms with Gasteiger partial charge in [-0.25, -0.2) is 4.39 Å². The fourth-order valence-electron chi connectivity index (χ4n) is 2.21. The molecular weight excluding hydrogens is 239 g/mol. The van der Waals surface area contributed by atoms with Crippen LogP contribution in [0.5, 0.6) is 0 Å². The molecule has 1 N–H and O–H groups in total. The van der Waals surface area contributed by atoms with E-state index in [9.17, 15) is 4.39 Å². The second-order valence-corrected chi connectivity index (χ2v) is 4.53.